The van der Waals surface area contributed by atoms with E-state index in [9.17, 15) is 18.0 Å². The molecule has 1 aliphatic rings. The summed E-state index contributed by atoms with van der Waals surface area (Å²) in [5, 5.41) is -0.451. The molecule has 0 saturated heterocycles. The molecular weight excluding hydrogens is 347 g/mol. The molecule has 120 valence electrons. The fraction of sp³-hybridized carbons (Fsp3) is 0.467. The van der Waals surface area contributed by atoms with Crippen LogP contribution in [-0.2, 0) is 19.4 Å². The Bertz CT molecular complexity index is 712. The first-order valence-corrected chi connectivity index (χ1v) is 9.53. The molecule has 7 heteroatoms. The fourth-order valence-corrected chi connectivity index (χ4v) is 4.37. The third-order valence-electron chi connectivity index (χ3n) is 3.95. The number of ketones is 1. The number of sulfone groups is 1. The maximum Gasteiger partial charge on any atom is 0.229 e. The fourth-order valence-electron chi connectivity index (χ4n) is 2.82. The summed E-state index contributed by atoms with van der Waals surface area (Å²) in [6.45, 7) is 0. The molecule has 1 unspecified atom stereocenters. The Morgan fingerprint density at radius 3 is 2.55 bits per heavy atom. The Kier molecular flexibility index (Phi) is 5.30. The Hall–Kier alpha value is -0.910. The average Bonchev–Trinajstić information content (AvgIpc) is 2.79. The lowest BCUT2D eigenvalue weighted by molar-refractivity contribution is -0.118. The minimum Gasteiger partial charge on any atom is -0.300 e. The largest absolute Gasteiger partial charge is 0.300 e. The number of Topliss-reactive ketones (excluding diaryl/α,β-unsaturated/α-hetero) is 1. The number of hydrogen-bond donors (Lipinski definition) is 0. The molecule has 2 atom stereocenters. The average molecular weight is 363 g/mol. The molecule has 4 nitrogen and oxygen atoms in total. The van der Waals surface area contributed by atoms with Crippen LogP contribution in [0.25, 0.3) is 0 Å². The molecule has 1 aliphatic carbocycles. The van der Waals surface area contributed by atoms with Crippen LogP contribution < -0.4 is 0 Å². The monoisotopic (exact) mass is 362 g/mol. The number of carbonyl (C=O) groups is 2. The van der Waals surface area contributed by atoms with Gasteiger partial charge < -0.3 is 0 Å². The van der Waals surface area contributed by atoms with Gasteiger partial charge in [0.2, 0.25) is 5.24 Å². The van der Waals surface area contributed by atoms with Crippen LogP contribution in [0.5, 0.6) is 0 Å². The lowest BCUT2D eigenvalue weighted by Gasteiger charge is -2.17. The van der Waals surface area contributed by atoms with Crippen molar-refractivity contribution < 1.29 is 18.0 Å². The Labute approximate surface area is 139 Å². The van der Waals surface area contributed by atoms with E-state index in [0.717, 1.165) is 12.7 Å². The highest BCUT2D eigenvalue weighted by molar-refractivity contribution is 7.90. The van der Waals surface area contributed by atoms with E-state index in [-0.39, 0.29) is 21.6 Å². The van der Waals surface area contributed by atoms with E-state index in [1.807, 2.05) is 0 Å². The summed E-state index contributed by atoms with van der Waals surface area (Å²) >= 11 is 11.7. The van der Waals surface area contributed by atoms with Gasteiger partial charge in [0.05, 0.1) is 15.8 Å². The lowest BCUT2D eigenvalue weighted by Crippen LogP contribution is -2.12. The molecule has 1 aromatic carbocycles. The zero-order valence-electron chi connectivity index (χ0n) is 12.0. The van der Waals surface area contributed by atoms with E-state index < -0.39 is 21.0 Å². The van der Waals surface area contributed by atoms with E-state index in [4.69, 9.17) is 23.2 Å². The second kappa shape index (κ2) is 6.69. The molecule has 1 aromatic rings. The molecule has 1 saturated carbocycles. The van der Waals surface area contributed by atoms with Crippen LogP contribution >= 0.6 is 23.2 Å². The van der Waals surface area contributed by atoms with Crippen LogP contribution in [0.4, 0.5) is 0 Å². The maximum atomic E-state index is 11.7. The number of carbonyl (C=O) groups excluding carboxylic acids is 2. The van der Waals surface area contributed by atoms with Crippen molar-refractivity contribution in [1.82, 2.24) is 0 Å². The van der Waals surface area contributed by atoms with Gasteiger partial charge in [0.1, 0.15) is 5.78 Å². The SMILES string of the molecule is CS(=O)(=O)c1ccc(C(C[C@H]2CCC(=O)C2)C(=O)Cl)cc1Cl. The zero-order chi connectivity index (χ0) is 16.5. The molecule has 0 radical (unpaired) electrons. The molecule has 0 aliphatic heterocycles. The third kappa shape index (κ3) is 4.09. The normalized spacial score (nSPS) is 20.1. The van der Waals surface area contributed by atoms with Gasteiger partial charge in [-0.3, -0.25) is 9.59 Å². The molecule has 0 bridgehead atoms. The number of benzene rings is 1. The van der Waals surface area contributed by atoms with Crippen molar-refractivity contribution in [3.05, 3.63) is 28.8 Å². The van der Waals surface area contributed by atoms with Gasteiger partial charge in [-0.15, -0.1) is 0 Å². The Morgan fingerprint density at radius 1 is 1.41 bits per heavy atom. The standard InChI is InChI=1S/C15H16Cl2O4S/c1-22(20,21)14-5-3-10(8-13(14)16)12(15(17)19)7-9-2-4-11(18)6-9/h3,5,8-9,12H,2,4,6-7H2,1H3/t9-,12?/m0/s1. The lowest BCUT2D eigenvalue weighted by atomic mass is 9.89. The van der Waals surface area contributed by atoms with Crippen LogP contribution in [0.1, 0.15) is 37.2 Å². The van der Waals surface area contributed by atoms with Crippen LogP contribution in [0.15, 0.2) is 23.1 Å². The molecule has 2 rings (SSSR count). The molecular formula is C15H16Cl2O4S. The van der Waals surface area contributed by atoms with Gasteiger partial charge in [-0.05, 0) is 48.1 Å². The van der Waals surface area contributed by atoms with Crippen molar-refractivity contribution >= 4 is 44.1 Å². The van der Waals surface area contributed by atoms with Crippen molar-refractivity contribution in [3.63, 3.8) is 0 Å². The first-order valence-electron chi connectivity index (χ1n) is 6.89. The number of rotatable bonds is 5. The maximum absolute atomic E-state index is 11.7. The van der Waals surface area contributed by atoms with Crippen molar-refractivity contribution in [3.8, 4) is 0 Å². The first-order chi connectivity index (χ1) is 10.2. The predicted molar refractivity (Wildman–Crippen MR) is 85.1 cm³/mol. The minimum absolute atomic E-state index is 0.0229. The van der Waals surface area contributed by atoms with E-state index in [2.05, 4.69) is 0 Å². The Balaban J connectivity index is 2.27. The molecule has 0 N–H and O–H groups in total. The van der Waals surface area contributed by atoms with Gasteiger partial charge in [-0.25, -0.2) is 8.42 Å². The summed E-state index contributed by atoms with van der Waals surface area (Å²) in [6.07, 6.45) is 3.32. The quantitative estimate of drug-likeness (QED) is 0.753. The second-order valence-electron chi connectivity index (χ2n) is 5.70. The van der Waals surface area contributed by atoms with Crippen molar-refractivity contribution in [2.24, 2.45) is 5.92 Å². The topological polar surface area (TPSA) is 68.3 Å². The number of hydrogen-bond acceptors (Lipinski definition) is 4. The molecule has 0 amide bonds. The molecule has 22 heavy (non-hydrogen) atoms. The highest BCUT2D eigenvalue weighted by Gasteiger charge is 2.29. The summed E-state index contributed by atoms with van der Waals surface area (Å²) < 4.78 is 23.1. The van der Waals surface area contributed by atoms with E-state index in [1.165, 1.54) is 12.1 Å². The van der Waals surface area contributed by atoms with Crippen LogP contribution in [0.2, 0.25) is 5.02 Å². The van der Waals surface area contributed by atoms with Gasteiger partial charge in [0.25, 0.3) is 0 Å². The predicted octanol–water partition coefficient (Wildman–Crippen LogP) is 3.35. The van der Waals surface area contributed by atoms with Gasteiger partial charge in [0, 0.05) is 19.1 Å². The molecule has 0 aromatic heterocycles. The van der Waals surface area contributed by atoms with Gasteiger partial charge in [0.15, 0.2) is 9.84 Å². The summed E-state index contributed by atoms with van der Waals surface area (Å²) in [7, 11) is -3.42. The summed E-state index contributed by atoms with van der Waals surface area (Å²) in [5.41, 5.74) is 0.580. The summed E-state index contributed by atoms with van der Waals surface area (Å²) in [6, 6.07) is 4.42. The minimum atomic E-state index is -3.42. The van der Waals surface area contributed by atoms with Gasteiger partial charge >= 0.3 is 0 Å². The molecule has 0 heterocycles. The van der Waals surface area contributed by atoms with Crippen molar-refractivity contribution in [2.45, 2.75) is 36.5 Å². The first kappa shape index (κ1) is 17.4. The van der Waals surface area contributed by atoms with Crippen molar-refractivity contribution in [1.29, 1.82) is 0 Å². The van der Waals surface area contributed by atoms with Crippen LogP contribution in [0.3, 0.4) is 0 Å². The highest BCUT2D eigenvalue weighted by atomic mass is 35.5. The zero-order valence-corrected chi connectivity index (χ0v) is 14.3. The van der Waals surface area contributed by atoms with Crippen LogP contribution in [-0.4, -0.2) is 25.7 Å². The third-order valence-corrected chi connectivity index (χ3v) is 5.79. The number of halogens is 2. The smallest absolute Gasteiger partial charge is 0.229 e. The highest BCUT2D eigenvalue weighted by Crippen LogP contribution is 2.35. The van der Waals surface area contributed by atoms with E-state index in [0.29, 0.717) is 24.8 Å². The summed E-state index contributed by atoms with van der Waals surface area (Å²) in [5.74, 6) is -0.242. The van der Waals surface area contributed by atoms with Crippen molar-refractivity contribution in [2.75, 3.05) is 6.26 Å². The van der Waals surface area contributed by atoms with E-state index in [1.54, 1.807) is 6.07 Å². The summed E-state index contributed by atoms with van der Waals surface area (Å²) in [4.78, 5) is 23.1. The van der Waals surface area contributed by atoms with E-state index >= 15 is 0 Å². The second-order valence-corrected chi connectivity index (χ2v) is 8.47. The Morgan fingerprint density at radius 2 is 2.09 bits per heavy atom. The van der Waals surface area contributed by atoms with Crippen LogP contribution in [0, 0.1) is 5.92 Å². The van der Waals surface area contributed by atoms with Gasteiger partial charge in [-0.1, -0.05) is 17.7 Å². The van der Waals surface area contributed by atoms with Gasteiger partial charge in [-0.2, -0.15) is 0 Å². The molecule has 1 fully saturated rings. The molecule has 0 spiro atoms.